The normalized spacial score (nSPS) is 19.9. The van der Waals surface area contributed by atoms with Crippen molar-refractivity contribution in [3.63, 3.8) is 0 Å². The molecule has 0 spiro atoms. The SMILES string of the molecule is Cc1ccc(C(N)=O)c(NC2CCCNC2)c1. The first-order valence-electron chi connectivity index (χ1n) is 6.04. The Morgan fingerprint density at radius 2 is 2.35 bits per heavy atom. The zero-order valence-corrected chi connectivity index (χ0v) is 10.1. The standard InChI is InChI=1S/C13H19N3O/c1-9-4-5-11(13(14)17)12(7-9)16-10-3-2-6-15-8-10/h4-5,7,10,15-16H,2-3,6,8H2,1H3,(H2,14,17). The van der Waals surface area contributed by atoms with Crippen LogP contribution in [0.5, 0.6) is 0 Å². The number of rotatable bonds is 3. The van der Waals surface area contributed by atoms with Crippen molar-refractivity contribution in [2.24, 2.45) is 5.73 Å². The van der Waals surface area contributed by atoms with E-state index in [1.165, 1.54) is 0 Å². The van der Waals surface area contributed by atoms with Gasteiger partial charge in [0.25, 0.3) is 5.91 Å². The van der Waals surface area contributed by atoms with Gasteiger partial charge in [-0.05, 0) is 44.0 Å². The number of piperidine rings is 1. The minimum atomic E-state index is -0.378. The Labute approximate surface area is 102 Å². The second kappa shape index (κ2) is 5.19. The van der Waals surface area contributed by atoms with Crippen LogP contribution in [0.4, 0.5) is 5.69 Å². The molecule has 1 aliphatic heterocycles. The molecule has 92 valence electrons. The van der Waals surface area contributed by atoms with Crippen molar-refractivity contribution >= 4 is 11.6 Å². The van der Waals surface area contributed by atoms with Gasteiger partial charge in [0, 0.05) is 18.3 Å². The quantitative estimate of drug-likeness (QED) is 0.736. The number of hydrogen-bond donors (Lipinski definition) is 3. The lowest BCUT2D eigenvalue weighted by atomic mass is 10.0. The molecular formula is C13H19N3O. The van der Waals surface area contributed by atoms with E-state index in [-0.39, 0.29) is 5.91 Å². The van der Waals surface area contributed by atoms with E-state index < -0.39 is 0 Å². The zero-order valence-electron chi connectivity index (χ0n) is 10.1. The van der Waals surface area contributed by atoms with E-state index in [0.29, 0.717) is 11.6 Å². The van der Waals surface area contributed by atoms with Crippen LogP contribution >= 0.6 is 0 Å². The fourth-order valence-electron chi connectivity index (χ4n) is 2.19. The molecule has 2 rings (SSSR count). The molecule has 1 fully saturated rings. The van der Waals surface area contributed by atoms with Crippen molar-refractivity contribution in [3.05, 3.63) is 29.3 Å². The first kappa shape index (κ1) is 11.9. The molecule has 17 heavy (non-hydrogen) atoms. The van der Waals surface area contributed by atoms with Crippen molar-refractivity contribution in [2.45, 2.75) is 25.8 Å². The molecule has 0 aliphatic carbocycles. The largest absolute Gasteiger partial charge is 0.380 e. The Morgan fingerprint density at radius 1 is 1.53 bits per heavy atom. The lowest BCUT2D eigenvalue weighted by molar-refractivity contribution is 0.100. The Balaban J connectivity index is 2.17. The van der Waals surface area contributed by atoms with Crippen LogP contribution in [0.15, 0.2) is 18.2 Å². The van der Waals surface area contributed by atoms with Gasteiger partial charge in [-0.25, -0.2) is 0 Å². The highest BCUT2D eigenvalue weighted by atomic mass is 16.1. The topological polar surface area (TPSA) is 67.2 Å². The Morgan fingerprint density at radius 3 is 3.00 bits per heavy atom. The number of nitrogens with one attached hydrogen (secondary N) is 2. The van der Waals surface area contributed by atoms with Gasteiger partial charge in [0.15, 0.2) is 0 Å². The van der Waals surface area contributed by atoms with Crippen molar-refractivity contribution in [1.82, 2.24) is 5.32 Å². The summed E-state index contributed by atoms with van der Waals surface area (Å²) in [6.07, 6.45) is 2.29. The summed E-state index contributed by atoms with van der Waals surface area (Å²) in [6.45, 7) is 4.02. The monoisotopic (exact) mass is 233 g/mol. The number of carbonyl (C=O) groups excluding carboxylic acids is 1. The summed E-state index contributed by atoms with van der Waals surface area (Å²) in [5.41, 5.74) is 7.92. The van der Waals surface area contributed by atoms with Gasteiger partial charge in [-0.1, -0.05) is 6.07 Å². The summed E-state index contributed by atoms with van der Waals surface area (Å²) in [5.74, 6) is -0.378. The number of hydrogen-bond acceptors (Lipinski definition) is 3. The van der Waals surface area contributed by atoms with Crippen LogP contribution in [-0.4, -0.2) is 25.0 Å². The van der Waals surface area contributed by atoms with Crippen molar-refractivity contribution in [3.8, 4) is 0 Å². The van der Waals surface area contributed by atoms with E-state index in [9.17, 15) is 4.79 Å². The fourth-order valence-corrected chi connectivity index (χ4v) is 2.19. The van der Waals surface area contributed by atoms with Gasteiger partial charge >= 0.3 is 0 Å². The first-order chi connectivity index (χ1) is 8.16. The van der Waals surface area contributed by atoms with E-state index >= 15 is 0 Å². The molecule has 4 N–H and O–H groups in total. The molecular weight excluding hydrogens is 214 g/mol. The number of primary amides is 1. The lowest BCUT2D eigenvalue weighted by Gasteiger charge is -2.25. The molecule has 1 aromatic rings. The first-order valence-corrected chi connectivity index (χ1v) is 6.04. The van der Waals surface area contributed by atoms with Gasteiger partial charge in [-0.3, -0.25) is 4.79 Å². The molecule has 1 saturated heterocycles. The number of aryl methyl sites for hydroxylation is 1. The van der Waals surface area contributed by atoms with Crippen LogP contribution in [0.1, 0.15) is 28.8 Å². The molecule has 1 unspecified atom stereocenters. The van der Waals surface area contributed by atoms with E-state index in [2.05, 4.69) is 10.6 Å². The highest BCUT2D eigenvalue weighted by molar-refractivity contribution is 5.98. The average molecular weight is 233 g/mol. The van der Waals surface area contributed by atoms with E-state index in [1.807, 2.05) is 19.1 Å². The Kier molecular flexibility index (Phi) is 3.64. The van der Waals surface area contributed by atoms with Crippen LogP contribution in [0, 0.1) is 6.92 Å². The maximum absolute atomic E-state index is 11.3. The second-order valence-corrected chi connectivity index (χ2v) is 4.60. The van der Waals surface area contributed by atoms with E-state index in [4.69, 9.17) is 5.73 Å². The number of benzene rings is 1. The molecule has 0 saturated carbocycles. The van der Waals surface area contributed by atoms with E-state index in [0.717, 1.165) is 37.2 Å². The lowest BCUT2D eigenvalue weighted by Crippen LogP contribution is -2.38. The van der Waals surface area contributed by atoms with Gasteiger partial charge in [0.05, 0.1) is 5.56 Å². The third-order valence-electron chi connectivity index (χ3n) is 3.10. The van der Waals surface area contributed by atoms with Crippen LogP contribution in [0.2, 0.25) is 0 Å². The fraction of sp³-hybridized carbons (Fsp3) is 0.462. The molecule has 4 heteroatoms. The summed E-state index contributed by atoms with van der Waals surface area (Å²) in [5, 5.41) is 6.75. The van der Waals surface area contributed by atoms with Gasteiger partial charge in [0.2, 0.25) is 0 Å². The molecule has 0 aromatic heterocycles. The number of carbonyl (C=O) groups is 1. The predicted octanol–water partition coefficient (Wildman–Crippen LogP) is 1.26. The summed E-state index contributed by atoms with van der Waals surface area (Å²) in [4.78, 5) is 11.3. The molecule has 0 bridgehead atoms. The highest BCUT2D eigenvalue weighted by Gasteiger charge is 2.15. The Hall–Kier alpha value is -1.55. The maximum Gasteiger partial charge on any atom is 0.250 e. The molecule has 4 nitrogen and oxygen atoms in total. The number of amides is 1. The summed E-state index contributed by atoms with van der Waals surface area (Å²) >= 11 is 0. The van der Waals surface area contributed by atoms with Crippen LogP contribution < -0.4 is 16.4 Å². The number of anilines is 1. The number of nitrogens with two attached hydrogens (primary N) is 1. The summed E-state index contributed by atoms with van der Waals surface area (Å²) < 4.78 is 0. The Bertz CT molecular complexity index is 411. The third-order valence-corrected chi connectivity index (χ3v) is 3.10. The van der Waals surface area contributed by atoms with Crippen LogP contribution in [-0.2, 0) is 0 Å². The minimum absolute atomic E-state index is 0.378. The molecule has 1 amide bonds. The minimum Gasteiger partial charge on any atom is -0.380 e. The molecule has 1 aliphatic rings. The zero-order chi connectivity index (χ0) is 12.3. The highest BCUT2D eigenvalue weighted by Crippen LogP contribution is 2.19. The van der Waals surface area contributed by atoms with Crippen molar-refractivity contribution in [2.75, 3.05) is 18.4 Å². The molecule has 1 atom stereocenters. The van der Waals surface area contributed by atoms with Gasteiger partial charge < -0.3 is 16.4 Å². The van der Waals surface area contributed by atoms with Gasteiger partial charge in [-0.15, -0.1) is 0 Å². The molecule has 0 radical (unpaired) electrons. The van der Waals surface area contributed by atoms with Gasteiger partial charge in [0.1, 0.15) is 0 Å². The summed E-state index contributed by atoms with van der Waals surface area (Å²) in [6, 6.07) is 6.05. The summed E-state index contributed by atoms with van der Waals surface area (Å²) in [7, 11) is 0. The van der Waals surface area contributed by atoms with Crippen molar-refractivity contribution < 1.29 is 4.79 Å². The molecule has 1 aromatic carbocycles. The average Bonchev–Trinajstić information content (AvgIpc) is 2.30. The third kappa shape index (κ3) is 2.97. The van der Waals surface area contributed by atoms with E-state index in [1.54, 1.807) is 6.07 Å². The smallest absolute Gasteiger partial charge is 0.250 e. The van der Waals surface area contributed by atoms with Crippen molar-refractivity contribution in [1.29, 1.82) is 0 Å². The maximum atomic E-state index is 11.3. The van der Waals surface area contributed by atoms with Gasteiger partial charge in [-0.2, -0.15) is 0 Å². The second-order valence-electron chi connectivity index (χ2n) is 4.60. The van der Waals surface area contributed by atoms with Crippen LogP contribution in [0.3, 0.4) is 0 Å². The predicted molar refractivity (Wildman–Crippen MR) is 69.2 cm³/mol. The van der Waals surface area contributed by atoms with Crippen LogP contribution in [0.25, 0.3) is 0 Å². The molecule has 1 heterocycles.